The second kappa shape index (κ2) is 6.53. The summed E-state index contributed by atoms with van der Waals surface area (Å²) >= 11 is 7.12. The molecule has 0 spiro atoms. The molecular formula is C9H13ClN4S. The van der Waals surface area contributed by atoms with Crippen molar-refractivity contribution in [3.63, 3.8) is 0 Å². The molecule has 0 bridgehead atoms. The van der Waals surface area contributed by atoms with Crippen molar-refractivity contribution in [2.24, 2.45) is 4.99 Å². The van der Waals surface area contributed by atoms with E-state index in [1.54, 1.807) is 13.3 Å². The third-order valence-electron chi connectivity index (χ3n) is 1.61. The van der Waals surface area contributed by atoms with E-state index in [1.165, 1.54) is 11.3 Å². The number of nitrogens with one attached hydrogen (secondary N) is 1. The van der Waals surface area contributed by atoms with Crippen LogP contribution < -0.4 is 5.32 Å². The van der Waals surface area contributed by atoms with Crippen LogP contribution in [0.3, 0.4) is 0 Å². The molecule has 1 aromatic rings. The third-order valence-corrected chi connectivity index (χ3v) is 2.69. The summed E-state index contributed by atoms with van der Waals surface area (Å²) in [6.45, 7) is 1.94. The fourth-order valence-electron chi connectivity index (χ4n) is 0.928. The van der Waals surface area contributed by atoms with Gasteiger partial charge < -0.3 is 5.32 Å². The smallest absolute Gasteiger partial charge is 0.210 e. The molecule has 0 saturated carbocycles. The molecule has 15 heavy (non-hydrogen) atoms. The highest BCUT2D eigenvalue weighted by Gasteiger charge is 2.03. The summed E-state index contributed by atoms with van der Waals surface area (Å²) < 4.78 is 0. The minimum absolute atomic E-state index is 0.571. The van der Waals surface area contributed by atoms with Gasteiger partial charge in [-0.2, -0.15) is 0 Å². The van der Waals surface area contributed by atoms with Crippen LogP contribution in [0.5, 0.6) is 0 Å². The molecule has 0 unspecified atom stereocenters. The van der Waals surface area contributed by atoms with Gasteiger partial charge in [0.05, 0.1) is 5.70 Å². The zero-order valence-electron chi connectivity index (χ0n) is 8.70. The quantitative estimate of drug-likeness (QED) is 0.639. The summed E-state index contributed by atoms with van der Waals surface area (Å²) in [7, 11) is 1.73. The van der Waals surface area contributed by atoms with E-state index in [-0.39, 0.29) is 0 Å². The van der Waals surface area contributed by atoms with Gasteiger partial charge in [-0.1, -0.05) is 17.4 Å². The van der Waals surface area contributed by atoms with E-state index in [2.05, 4.69) is 20.5 Å². The van der Waals surface area contributed by atoms with Crippen LogP contribution in [0.2, 0.25) is 0 Å². The van der Waals surface area contributed by atoms with Gasteiger partial charge >= 0.3 is 0 Å². The van der Waals surface area contributed by atoms with E-state index >= 15 is 0 Å². The average Bonchev–Trinajstić information content (AvgIpc) is 2.66. The van der Waals surface area contributed by atoms with Gasteiger partial charge in [0, 0.05) is 25.6 Å². The standard InChI is InChI=1S/C9H13ClN4S/c1-3-7(6-11-2)12-9-14-13-8(15-9)4-5-10/h3,6H,4-5H2,1-2H3,(H,12,14)/b7-3+,11-6?. The summed E-state index contributed by atoms with van der Waals surface area (Å²) in [6, 6.07) is 0. The monoisotopic (exact) mass is 244 g/mol. The van der Waals surface area contributed by atoms with Gasteiger partial charge in [0.1, 0.15) is 5.01 Å². The number of aromatic nitrogens is 2. The van der Waals surface area contributed by atoms with Gasteiger partial charge in [-0.25, -0.2) is 0 Å². The number of rotatable bonds is 5. The Morgan fingerprint density at radius 1 is 1.60 bits per heavy atom. The number of halogens is 1. The number of aryl methyl sites for hydroxylation is 1. The van der Waals surface area contributed by atoms with E-state index < -0.39 is 0 Å². The fourth-order valence-corrected chi connectivity index (χ4v) is 1.98. The molecule has 0 radical (unpaired) electrons. The molecule has 4 nitrogen and oxygen atoms in total. The number of nitrogens with zero attached hydrogens (tertiary/aromatic N) is 3. The second-order valence-electron chi connectivity index (χ2n) is 2.70. The van der Waals surface area contributed by atoms with Crippen LogP contribution in [0.15, 0.2) is 16.8 Å². The zero-order chi connectivity index (χ0) is 11.1. The Labute approximate surface area is 98.1 Å². The highest BCUT2D eigenvalue weighted by molar-refractivity contribution is 7.15. The van der Waals surface area contributed by atoms with Gasteiger partial charge in [0.15, 0.2) is 0 Å². The van der Waals surface area contributed by atoms with Crippen molar-refractivity contribution in [1.29, 1.82) is 0 Å². The first-order valence-corrected chi connectivity index (χ1v) is 5.89. The van der Waals surface area contributed by atoms with E-state index in [0.717, 1.165) is 22.3 Å². The van der Waals surface area contributed by atoms with Crippen molar-refractivity contribution < 1.29 is 0 Å². The Hall–Kier alpha value is -0.940. The minimum Gasteiger partial charge on any atom is -0.329 e. The first-order valence-electron chi connectivity index (χ1n) is 4.54. The fraction of sp³-hybridized carbons (Fsp3) is 0.444. The largest absolute Gasteiger partial charge is 0.329 e. The molecule has 0 atom stereocenters. The van der Waals surface area contributed by atoms with Crippen LogP contribution in [0.1, 0.15) is 11.9 Å². The lowest BCUT2D eigenvalue weighted by atomic mass is 10.4. The normalized spacial score (nSPS) is 12.3. The van der Waals surface area contributed by atoms with Crippen LogP contribution in [0.4, 0.5) is 5.13 Å². The second-order valence-corrected chi connectivity index (χ2v) is 4.14. The Bertz CT molecular complexity index is 359. The molecule has 0 aromatic carbocycles. The van der Waals surface area contributed by atoms with E-state index in [1.807, 2.05) is 13.0 Å². The molecule has 1 heterocycles. The van der Waals surface area contributed by atoms with Gasteiger partial charge in [0.25, 0.3) is 0 Å². The van der Waals surface area contributed by atoms with Crippen molar-refractivity contribution in [2.45, 2.75) is 13.3 Å². The Kier molecular flexibility index (Phi) is 5.28. The van der Waals surface area contributed by atoms with Crippen molar-refractivity contribution in [3.8, 4) is 0 Å². The maximum atomic E-state index is 5.61. The summed E-state index contributed by atoms with van der Waals surface area (Å²) in [5.74, 6) is 0.571. The van der Waals surface area contributed by atoms with E-state index in [0.29, 0.717) is 5.88 Å². The van der Waals surface area contributed by atoms with Crippen molar-refractivity contribution in [1.82, 2.24) is 10.2 Å². The van der Waals surface area contributed by atoms with Crippen LogP contribution in [-0.4, -0.2) is 29.3 Å². The van der Waals surface area contributed by atoms with Gasteiger partial charge in [-0.3, -0.25) is 4.99 Å². The average molecular weight is 245 g/mol. The van der Waals surface area contributed by atoms with Crippen LogP contribution in [0, 0.1) is 0 Å². The van der Waals surface area contributed by atoms with Crippen molar-refractivity contribution in [3.05, 3.63) is 16.8 Å². The molecule has 1 aromatic heterocycles. The topological polar surface area (TPSA) is 50.2 Å². The predicted molar refractivity (Wildman–Crippen MR) is 66.1 cm³/mol. The molecule has 0 amide bonds. The molecule has 0 fully saturated rings. The Morgan fingerprint density at radius 3 is 3.00 bits per heavy atom. The van der Waals surface area contributed by atoms with Gasteiger partial charge in [-0.15, -0.1) is 21.8 Å². The summed E-state index contributed by atoms with van der Waals surface area (Å²) in [5, 5.41) is 12.8. The van der Waals surface area contributed by atoms with Gasteiger partial charge in [-0.05, 0) is 6.92 Å². The van der Waals surface area contributed by atoms with Crippen LogP contribution >= 0.6 is 22.9 Å². The molecule has 1 rings (SSSR count). The predicted octanol–water partition coefficient (Wildman–Crippen LogP) is 2.34. The maximum Gasteiger partial charge on any atom is 0.210 e. The zero-order valence-corrected chi connectivity index (χ0v) is 10.3. The highest BCUT2D eigenvalue weighted by atomic mass is 35.5. The van der Waals surface area contributed by atoms with E-state index in [4.69, 9.17) is 11.6 Å². The first kappa shape index (κ1) is 12.1. The maximum absolute atomic E-state index is 5.61. The van der Waals surface area contributed by atoms with Gasteiger partial charge in [0.2, 0.25) is 5.13 Å². The lowest BCUT2D eigenvalue weighted by Gasteiger charge is -1.99. The summed E-state index contributed by atoms with van der Waals surface area (Å²) in [4.78, 5) is 3.93. The lowest BCUT2D eigenvalue weighted by molar-refractivity contribution is 0.988. The summed E-state index contributed by atoms with van der Waals surface area (Å²) in [6.07, 6.45) is 4.42. The molecule has 0 aliphatic rings. The number of allylic oxidation sites excluding steroid dienone is 2. The minimum atomic E-state index is 0.571. The van der Waals surface area contributed by atoms with Crippen molar-refractivity contribution in [2.75, 3.05) is 18.2 Å². The number of alkyl halides is 1. The Morgan fingerprint density at radius 2 is 2.40 bits per heavy atom. The molecule has 82 valence electrons. The molecule has 6 heteroatoms. The number of anilines is 1. The molecular weight excluding hydrogens is 232 g/mol. The number of hydrogen-bond acceptors (Lipinski definition) is 5. The van der Waals surface area contributed by atoms with Crippen molar-refractivity contribution >= 4 is 34.3 Å². The van der Waals surface area contributed by atoms with E-state index in [9.17, 15) is 0 Å². The Balaban J connectivity index is 2.63. The van der Waals surface area contributed by atoms with Crippen LogP contribution in [0.25, 0.3) is 0 Å². The lowest BCUT2D eigenvalue weighted by Crippen LogP contribution is -1.99. The number of aliphatic imine (C=N–C) groups is 1. The SMILES string of the molecule is C/C=C(\C=NC)Nc1nnc(CCCl)s1. The first-order chi connectivity index (χ1) is 7.30. The number of hydrogen-bond donors (Lipinski definition) is 1. The molecule has 0 aliphatic carbocycles. The summed E-state index contributed by atoms with van der Waals surface area (Å²) in [5.41, 5.74) is 0.908. The molecule has 1 N–H and O–H groups in total. The highest BCUT2D eigenvalue weighted by Crippen LogP contribution is 2.17. The molecule has 0 saturated heterocycles. The molecule has 0 aliphatic heterocycles. The third kappa shape index (κ3) is 3.97. The van der Waals surface area contributed by atoms with Crippen LogP contribution in [-0.2, 0) is 6.42 Å².